The summed E-state index contributed by atoms with van der Waals surface area (Å²) >= 11 is 0. The van der Waals surface area contributed by atoms with Crippen LogP contribution < -0.4 is 0 Å². The molecule has 1 aromatic heterocycles. The van der Waals surface area contributed by atoms with E-state index < -0.39 is 5.60 Å². The first-order valence-corrected chi connectivity index (χ1v) is 10.6. The van der Waals surface area contributed by atoms with Crippen LogP contribution in [0.3, 0.4) is 0 Å². The minimum absolute atomic E-state index is 0.137. The van der Waals surface area contributed by atoms with Crippen molar-refractivity contribution in [1.82, 2.24) is 14.8 Å². The monoisotopic (exact) mass is 433 g/mol. The summed E-state index contributed by atoms with van der Waals surface area (Å²) in [6.45, 7) is 2.51. The fourth-order valence-electron chi connectivity index (χ4n) is 4.15. The maximum absolute atomic E-state index is 13.3. The zero-order valence-corrected chi connectivity index (χ0v) is 18.6. The predicted octanol–water partition coefficient (Wildman–Crippen LogP) is 3.19. The number of amides is 2. The van der Waals surface area contributed by atoms with Gasteiger partial charge in [-0.25, -0.2) is 4.98 Å². The Morgan fingerprint density at radius 2 is 1.84 bits per heavy atom. The van der Waals surface area contributed by atoms with Crippen LogP contribution in [0, 0.1) is 6.92 Å². The molecule has 0 spiro atoms. The van der Waals surface area contributed by atoms with Crippen LogP contribution in [0.2, 0.25) is 0 Å². The van der Waals surface area contributed by atoms with Gasteiger partial charge in [-0.2, -0.15) is 0 Å². The largest absolute Gasteiger partial charge is 0.438 e. The van der Waals surface area contributed by atoms with Gasteiger partial charge < -0.3 is 19.0 Å². The molecule has 1 aliphatic heterocycles. The third-order valence-electron chi connectivity index (χ3n) is 5.73. The number of aromatic nitrogens is 1. The van der Waals surface area contributed by atoms with Crippen molar-refractivity contribution in [3.05, 3.63) is 78.0 Å². The highest BCUT2D eigenvalue weighted by Crippen LogP contribution is 2.29. The van der Waals surface area contributed by atoms with E-state index in [1.54, 1.807) is 25.9 Å². The number of aryl methyl sites for hydroxylation is 1. The molecular formula is C25H27N3O4. The van der Waals surface area contributed by atoms with E-state index in [1.807, 2.05) is 36.4 Å². The molecule has 0 unspecified atom stereocenters. The average molecular weight is 434 g/mol. The first-order valence-electron chi connectivity index (χ1n) is 10.6. The van der Waals surface area contributed by atoms with E-state index in [2.05, 4.69) is 23.2 Å². The highest BCUT2D eigenvalue weighted by atomic mass is 16.5. The number of carbonyl (C=O) groups is 2. The lowest BCUT2D eigenvalue weighted by Gasteiger charge is -2.42. The molecule has 3 aromatic rings. The molecule has 0 N–H and O–H groups in total. The summed E-state index contributed by atoms with van der Waals surface area (Å²) in [7, 11) is 3.41. The second-order valence-electron chi connectivity index (χ2n) is 8.28. The summed E-state index contributed by atoms with van der Waals surface area (Å²) in [6.07, 6.45) is 1.61. The SMILES string of the molecule is Cc1ncoc1C(=O)N1CCO[C@@](Cc2cccc(-c3ccccc3)c2)(C(=O)N(C)C)C1. The van der Waals surface area contributed by atoms with E-state index in [-0.39, 0.29) is 30.7 Å². The van der Waals surface area contributed by atoms with Gasteiger partial charge in [0.25, 0.3) is 11.8 Å². The maximum atomic E-state index is 13.3. The smallest absolute Gasteiger partial charge is 0.291 e. The Morgan fingerprint density at radius 1 is 1.09 bits per heavy atom. The first-order chi connectivity index (χ1) is 15.4. The maximum Gasteiger partial charge on any atom is 0.291 e. The third-order valence-corrected chi connectivity index (χ3v) is 5.73. The minimum atomic E-state index is -1.18. The number of morpholine rings is 1. The second kappa shape index (κ2) is 8.96. The van der Waals surface area contributed by atoms with Gasteiger partial charge >= 0.3 is 0 Å². The number of hydrogen-bond donors (Lipinski definition) is 0. The number of nitrogens with zero attached hydrogens (tertiary/aromatic N) is 3. The van der Waals surface area contributed by atoms with Gasteiger partial charge in [0.2, 0.25) is 5.76 Å². The summed E-state index contributed by atoms with van der Waals surface area (Å²) in [4.78, 5) is 33.6. The van der Waals surface area contributed by atoms with E-state index in [9.17, 15) is 9.59 Å². The van der Waals surface area contributed by atoms with Crippen LogP contribution >= 0.6 is 0 Å². The summed E-state index contributed by atoms with van der Waals surface area (Å²) in [5.74, 6) is -0.254. The molecule has 7 nitrogen and oxygen atoms in total. The van der Waals surface area contributed by atoms with Gasteiger partial charge in [-0.3, -0.25) is 9.59 Å². The van der Waals surface area contributed by atoms with Crippen molar-refractivity contribution in [2.75, 3.05) is 33.8 Å². The van der Waals surface area contributed by atoms with Crippen molar-refractivity contribution >= 4 is 11.8 Å². The van der Waals surface area contributed by atoms with Crippen LogP contribution in [-0.4, -0.2) is 66.0 Å². The van der Waals surface area contributed by atoms with E-state index in [0.717, 1.165) is 16.7 Å². The third kappa shape index (κ3) is 4.29. The topological polar surface area (TPSA) is 75.9 Å². The standard InChI is InChI=1S/C25H27N3O4/c1-18-22(31-17-26-18)23(29)28-12-13-32-25(16-28,24(30)27(2)3)15-19-8-7-11-21(14-19)20-9-5-4-6-10-20/h4-11,14,17H,12-13,15-16H2,1-3H3/t25-/m1/s1. The highest BCUT2D eigenvalue weighted by Gasteiger charge is 2.46. The molecule has 0 aliphatic carbocycles. The number of oxazole rings is 1. The molecule has 2 amide bonds. The fourth-order valence-corrected chi connectivity index (χ4v) is 4.15. The van der Waals surface area contributed by atoms with E-state index in [1.165, 1.54) is 11.3 Å². The molecule has 7 heteroatoms. The lowest BCUT2D eigenvalue weighted by molar-refractivity contribution is -0.165. The van der Waals surface area contributed by atoms with Crippen LogP contribution in [0.25, 0.3) is 11.1 Å². The van der Waals surface area contributed by atoms with Gasteiger partial charge in [0, 0.05) is 27.1 Å². The van der Waals surface area contributed by atoms with Crippen molar-refractivity contribution in [2.45, 2.75) is 18.9 Å². The van der Waals surface area contributed by atoms with Crippen LogP contribution in [0.4, 0.5) is 0 Å². The zero-order valence-electron chi connectivity index (χ0n) is 18.6. The van der Waals surface area contributed by atoms with Crippen LogP contribution in [-0.2, 0) is 16.0 Å². The van der Waals surface area contributed by atoms with Crippen molar-refractivity contribution < 1.29 is 18.7 Å². The van der Waals surface area contributed by atoms with Crippen molar-refractivity contribution in [3.63, 3.8) is 0 Å². The molecule has 0 saturated carbocycles. The fraction of sp³-hybridized carbons (Fsp3) is 0.320. The number of hydrogen-bond acceptors (Lipinski definition) is 5. The zero-order chi connectivity index (χ0) is 22.7. The highest BCUT2D eigenvalue weighted by molar-refractivity contribution is 5.94. The average Bonchev–Trinajstić information content (AvgIpc) is 3.24. The number of ether oxygens (including phenoxy) is 1. The Kier molecular flexibility index (Phi) is 6.10. The van der Waals surface area contributed by atoms with Gasteiger partial charge in [-0.1, -0.05) is 54.6 Å². The van der Waals surface area contributed by atoms with E-state index in [0.29, 0.717) is 18.7 Å². The van der Waals surface area contributed by atoms with Gasteiger partial charge in [0.1, 0.15) is 0 Å². The van der Waals surface area contributed by atoms with Gasteiger partial charge in [-0.05, 0) is 23.6 Å². The molecule has 32 heavy (non-hydrogen) atoms. The Balaban J connectivity index is 1.65. The molecule has 1 fully saturated rings. The predicted molar refractivity (Wildman–Crippen MR) is 120 cm³/mol. The summed E-state index contributed by atoms with van der Waals surface area (Å²) in [5, 5.41) is 0. The first kappa shape index (κ1) is 21.8. The molecule has 166 valence electrons. The van der Waals surface area contributed by atoms with Crippen LogP contribution in [0.1, 0.15) is 21.8 Å². The van der Waals surface area contributed by atoms with Gasteiger partial charge in [0.05, 0.1) is 18.8 Å². The lowest BCUT2D eigenvalue weighted by atomic mass is 9.89. The second-order valence-corrected chi connectivity index (χ2v) is 8.28. The molecule has 0 radical (unpaired) electrons. The molecular weight excluding hydrogens is 406 g/mol. The van der Waals surface area contributed by atoms with Crippen molar-refractivity contribution in [1.29, 1.82) is 0 Å². The van der Waals surface area contributed by atoms with Crippen LogP contribution in [0.15, 0.2) is 65.4 Å². The number of rotatable bonds is 5. The number of benzene rings is 2. The normalized spacial score (nSPS) is 18.4. The Morgan fingerprint density at radius 3 is 2.53 bits per heavy atom. The molecule has 1 saturated heterocycles. The van der Waals surface area contributed by atoms with Crippen LogP contribution in [0.5, 0.6) is 0 Å². The molecule has 4 rings (SSSR count). The van der Waals surface area contributed by atoms with E-state index >= 15 is 0 Å². The summed E-state index contributed by atoms with van der Waals surface area (Å²) in [5.41, 5.74) is 2.48. The number of likely N-dealkylation sites (N-methyl/N-ethyl adjacent to an activating group) is 1. The molecule has 0 bridgehead atoms. The summed E-state index contributed by atoms with van der Waals surface area (Å²) < 4.78 is 11.4. The van der Waals surface area contributed by atoms with Gasteiger partial charge in [0.15, 0.2) is 12.0 Å². The van der Waals surface area contributed by atoms with Gasteiger partial charge in [-0.15, -0.1) is 0 Å². The Hall–Kier alpha value is -3.45. The summed E-state index contributed by atoms with van der Waals surface area (Å²) in [6, 6.07) is 18.2. The lowest BCUT2D eigenvalue weighted by Crippen LogP contribution is -2.61. The molecule has 2 heterocycles. The van der Waals surface area contributed by atoms with Crippen molar-refractivity contribution in [2.24, 2.45) is 0 Å². The van der Waals surface area contributed by atoms with E-state index in [4.69, 9.17) is 9.15 Å². The molecule has 1 atom stereocenters. The number of carbonyl (C=O) groups excluding carboxylic acids is 2. The Labute approximate surface area is 187 Å². The van der Waals surface area contributed by atoms with Crippen molar-refractivity contribution in [3.8, 4) is 11.1 Å². The molecule has 2 aromatic carbocycles. The Bertz CT molecular complexity index is 1110. The quantitative estimate of drug-likeness (QED) is 0.618. The molecule has 1 aliphatic rings. The minimum Gasteiger partial charge on any atom is -0.438 e.